The molecule has 5 atom stereocenters. The van der Waals surface area contributed by atoms with E-state index in [4.69, 9.17) is 29.4 Å². The van der Waals surface area contributed by atoms with E-state index in [1.807, 2.05) is 6.92 Å². The third-order valence-corrected chi connectivity index (χ3v) is 5.49. The highest BCUT2D eigenvalue weighted by Crippen LogP contribution is 2.50. The van der Waals surface area contributed by atoms with Crippen molar-refractivity contribution in [3.05, 3.63) is 24.2 Å². The Kier molecular flexibility index (Phi) is 5.25. The van der Waals surface area contributed by atoms with Crippen LogP contribution in [0.5, 0.6) is 0 Å². The summed E-state index contributed by atoms with van der Waals surface area (Å²) in [4.78, 5) is 16.0. The molecular weight excluding hydrogens is 406 g/mol. The van der Waals surface area contributed by atoms with Crippen LogP contribution in [0.15, 0.2) is 18.5 Å². The number of fused-ring (bicyclic) bond motifs is 2. The van der Waals surface area contributed by atoms with Gasteiger partial charge in [-0.25, -0.2) is 14.3 Å². The fraction of sp³-hybridized carbons (Fsp3) is 0.600. The van der Waals surface area contributed by atoms with Crippen molar-refractivity contribution in [2.45, 2.75) is 69.9 Å². The Morgan fingerprint density at radius 1 is 1.39 bits per heavy atom. The van der Waals surface area contributed by atoms with E-state index in [-0.39, 0.29) is 12.7 Å². The zero-order chi connectivity index (χ0) is 22.4. The molecular formula is C20H25N5O6. The summed E-state index contributed by atoms with van der Waals surface area (Å²) in [6.45, 7) is 6.75. The summed E-state index contributed by atoms with van der Waals surface area (Å²) in [5.41, 5.74) is 5.55. The molecule has 2 fully saturated rings. The van der Waals surface area contributed by atoms with Crippen molar-refractivity contribution in [3.63, 3.8) is 0 Å². The van der Waals surface area contributed by atoms with Gasteiger partial charge in [0.2, 0.25) is 5.60 Å². The van der Waals surface area contributed by atoms with Gasteiger partial charge >= 0.3 is 6.16 Å². The maximum Gasteiger partial charge on any atom is 0.508 e. The van der Waals surface area contributed by atoms with Gasteiger partial charge in [-0.2, -0.15) is 10.4 Å². The highest BCUT2D eigenvalue weighted by molar-refractivity contribution is 5.65. The van der Waals surface area contributed by atoms with Crippen LogP contribution in [-0.2, 0) is 23.7 Å². The Bertz CT molecular complexity index is 1030. The number of anilines is 1. The van der Waals surface area contributed by atoms with Crippen molar-refractivity contribution in [1.29, 1.82) is 5.26 Å². The lowest BCUT2D eigenvalue weighted by atomic mass is 9.96. The van der Waals surface area contributed by atoms with Gasteiger partial charge in [-0.3, -0.25) is 0 Å². The number of rotatable bonds is 5. The molecule has 31 heavy (non-hydrogen) atoms. The maximum atomic E-state index is 12.1. The summed E-state index contributed by atoms with van der Waals surface area (Å²) in [5, 5.41) is 14.3. The average molecular weight is 431 g/mol. The summed E-state index contributed by atoms with van der Waals surface area (Å²) in [6.07, 6.45) is -1.38. The topological polar surface area (TPSA) is 143 Å². The summed E-state index contributed by atoms with van der Waals surface area (Å²) in [6, 6.07) is 5.67. The number of nitrogens with zero attached hydrogens (tertiary/aromatic N) is 4. The monoisotopic (exact) mass is 431 g/mol. The Labute approximate surface area is 179 Å². The zero-order valence-electron chi connectivity index (χ0n) is 17.8. The number of carbonyl (C=O) groups excluding carboxylic acids is 1. The first-order chi connectivity index (χ1) is 14.7. The lowest BCUT2D eigenvalue weighted by molar-refractivity contribution is -0.205. The molecule has 0 saturated carbocycles. The number of aromatic nitrogens is 3. The van der Waals surface area contributed by atoms with E-state index in [2.05, 4.69) is 16.2 Å². The van der Waals surface area contributed by atoms with Crippen LogP contribution in [0.25, 0.3) is 5.52 Å². The molecule has 2 N–H and O–H groups in total. The molecule has 166 valence electrons. The van der Waals surface area contributed by atoms with Crippen molar-refractivity contribution in [2.75, 3.05) is 12.3 Å². The molecule has 2 saturated heterocycles. The van der Waals surface area contributed by atoms with Crippen LogP contribution in [0.2, 0.25) is 0 Å². The lowest BCUT2D eigenvalue weighted by Gasteiger charge is -2.28. The van der Waals surface area contributed by atoms with Gasteiger partial charge in [-0.05, 0) is 39.3 Å². The van der Waals surface area contributed by atoms with Crippen LogP contribution < -0.4 is 5.73 Å². The molecule has 2 aliphatic heterocycles. The molecule has 0 aliphatic carbocycles. The largest absolute Gasteiger partial charge is 0.508 e. The van der Waals surface area contributed by atoms with E-state index in [0.717, 1.165) is 0 Å². The summed E-state index contributed by atoms with van der Waals surface area (Å²) in [7, 11) is 0. The summed E-state index contributed by atoms with van der Waals surface area (Å²) >= 11 is 0. The van der Waals surface area contributed by atoms with Crippen LogP contribution in [0.3, 0.4) is 0 Å². The first-order valence-corrected chi connectivity index (χ1v) is 10.1. The van der Waals surface area contributed by atoms with Crippen LogP contribution in [-0.4, -0.2) is 57.1 Å². The minimum Gasteiger partial charge on any atom is -0.431 e. The summed E-state index contributed by atoms with van der Waals surface area (Å²) < 4.78 is 30.2. The van der Waals surface area contributed by atoms with E-state index in [1.54, 1.807) is 37.4 Å². The molecule has 2 aliphatic rings. The number of nitriles is 1. The average Bonchev–Trinajstić information content (AvgIpc) is 3.37. The smallest absolute Gasteiger partial charge is 0.431 e. The second-order valence-electron chi connectivity index (χ2n) is 8.14. The molecule has 0 radical (unpaired) electrons. The highest BCUT2D eigenvalue weighted by Gasteiger charge is 2.65. The fourth-order valence-electron chi connectivity index (χ4n) is 3.84. The number of carbonyl (C=O) groups is 1. The van der Waals surface area contributed by atoms with Crippen molar-refractivity contribution in [2.24, 2.45) is 0 Å². The Balaban J connectivity index is 1.65. The van der Waals surface area contributed by atoms with E-state index in [1.165, 1.54) is 6.33 Å². The Morgan fingerprint density at radius 3 is 2.87 bits per heavy atom. The molecule has 11 nitrogen and oxygen atoms in total. The first kappa shape index (κ1) is 21.3. The third-order valence-electron chi connectivity index (χ3n) is 5.49. The molecule has 4 rings (SSSR count). The van der Waals surface area contributed by atoms with Crippen molar-refractivity contribution < 1.29 is 28.5 Å². The predicted octanol–water partition coefficient (Wildman–Crippen LogP) is 2.12. The van der Waals surface area contributed by atoms with E-state index in [0.29, 0.717) is 23.4 Å². The van der Waals surface area contributed by atoms with Gasteiger partial charge in [0.15, 0.2) is 11.6 Å². The highest BCUT2D eigenvalue weighted by atomic mass is 16.8. The van der Waals surface area contributed by atoms with E-state index >= 15 is 0 Å². The third kappa shape index (κ3) is 3.67. The number of hydrogen-bond donors (Lipinski definition) is 1. The number of ether oxygens (including phenoxy) is 5. The molecule has 4 heterocycles. The Hall–Kier alpha value is -2.94. The van der Waals surface area contributed by atoms with Gasteiger partial charge in [0.1, 0.15) is 48.9 Å². The normalized spacial score (nSPS) is 30.0. The van der Waals surface area contributed by atoms with Crippen molar-refractivity contribution >= 4 is 17.5 Å². The standard InChI is InChI=1S/C20H25N5O6/c1-5-11(2)28-18(26)27-9-20(8-21)16-15(29-19(3,4)31-16)14(30-20)12-6-7-13-17(22)23-10-24-25(12)13/h6-7,10-11,14-16H,5,9H2,1-4H3,(H2,22,23,24)/t11-,14+,15?,16?,20-/m1/s1. The van der Waals surface area contributed by atoms with Gasteiger partial charge in [0.05, 0.1) is 5.69 Å². The van der Waals surface area contributed by atoms with E-state index < -0.39 is 35.9 Å². The minimum atomic E-state index is -1.60. The SMILES string of the molecule is CC[C@@H](C)OC(=O)OC[C@@]1(C#N)O[C@@H](c2ccc3c(N)ncnn23)C2OC(C)(C)OC21. The van der Waals surface area contributed by atoms with Crippen molar-refractivity contribution in [1.82, 2.24) is 14.6 Å². The molecule has 0 amide bonds. The number of nitrogens with two attached hydrogens (primary N) is 1. The minimum absolute atomic E-state index is 0.308. The van der Waals surface area contributed by atoms with Crippen LogP contribution in [0, 0.1) is 11.3 Å². The van der Waals surface area contributed by atoms with Gasteiger partial charge in [0.25, 0.3) is 0 Å². The molecule has 2 aromatic heterocycles. The van der Waals surface area contributed by atoms with Gasteiger partial charge in [0, 0.05) is 0 Å². The lowest BCUT2D eigenvalue weighted by Crippen LogP contribution is -2.46. The predicted molar refractivity (Wildman–Crippen MR) is 106 cm³/mol. The maximum absolute atomic E-state index is 12.1. The van der Waals surface area contributed by atoms with Gasteiger partial charge in [-0.1, -0.05) is 6.92 Å². The number of hydrogen-bond acceptors (Lipinski definition) is 10. The molecule has 0 aromatic carbocycles. The Morgan fingerprint density at radius 2 is 2.16 bits per heavy atom. The zero-order valence-corrected chi connectivity index (χ0v) is 17.8. The second-order valence-corrected chi connectivity index (χ2v) is 8.14. The second kappa shape index (κ2) is 7.64. The number of nitrogen functional groups attached to an aromatic ring is 1. The van der Waals surface area contributed by atoms with Crippen LogP contribution >= 0.6 is 0 Å². The quantitative estimate of drug-likeness (QED) is 0.699. The van der Waals surface area contributed by atoms with Crippen LogP contribution in [0.4, 0.5) is 10.6 Å². The fourth-order valence-corrected chi connectivity index (χ4v) is 3.84. The molecule has 0 bridgehead atoms. The van der Waals surface area contributed by atoms with Crippen molar-refractivity contribution in [3.8, 4) is 6.07 Å². The van der Waals surface area contributed by atoms with E-state index in [9.17, 15) is 10.1 Å². The molecule has 0 spiro atoms. The molecule has 2 unspecified atom stereocenters. The molecule has 11 heteroatoms. The van der Waals surface area contributed by atoms with Gasteiger partial charge < -0.3 is 29.4 Å². The van der Waals surface area contributed by atoms with Crippen LogP contribution in [0.1, 0.15) is 45.9 Å². The summed E-state index contributed by atoms with van der Waals surface area (Å²) in [5.74, 6) is -0.653. The molecule has 2 aromatic rings. The first-order valence-electron chi connectivity index (χ1n) is 10.1. The van der Waals surface area contributed by atoms with Gasteiger partial charge in [-0.15, -0.1) is 0 Å².